The first kappa shape index (κ1) is 7.75. The minimum Gasteiger partial charge on any atom is -0.377 e. The summed E-state index contributed by atoms with van der Waals surface area (Å²) < 4.78 is 9.73. The molecule has 1 heterocycles. The highest BCUT2D eigenvalue weighted by Crippen LogP contribution is 2.07. The Kier molecular flexibility index (Phi) is 2.89. The van der Waals surface area contributed by atoms with Gasteiger partial charge in [0.15, 0.2) is 5.76 Å². The third-order valence-electron chi connectivity index (χ3n) is 1.03. The summed E-state index contributed by atoms with van der Waals surface area (Å²) in [4.78, 5) is 0. The van der Waals surface area contributed by atoms with Gasteiger partial charge in [-0.1, -0.05) is 21.1 Å². The molecule has 0 atom stereocenters. The van der Waals surface area contributed by atoms with Gasteiger partial charge in [0, 0.05) is 18.5 Å². The number of ether oxygens (including phenoxy) is 1. The standard InChI is InChI=1S/C6H8BrNO2/c1-9-4-6-2-5(3-7)8-10-6/h2H,3-4H2,1H3. The molecular formula is C6H8BrNO2. The first-order chi connectivity index (χ1) is 4.86. The molecule has 0 N–H and O–H groups in total. The average Bonchev–Trinajstić information content (AvgIpc) is 2.37. The van der Waals surface area contributed by atoms with Crippen LogP contribution < -0.4 is 0 Å². The molecular weight excluding hydrogens is 198 g/mol. The zero-order valence-electron chi connectivity index (χ0n) is 5.63. The number of aromatic nitrogens is 1. The maximum atomic E-state index is 4.89. The summed E-state index contributed by atoms with van der Waals surface area (Å²) in [6.45, 7) is 0.486. The molecule has 3 nitrogen and oxygen atoms in total. The minimum absolute atomic E-state index is 0.486. The summed E-state index contributed by atoms with van der Waals surface area (Å²) in [5.74, 6) is 0.761. The van der Waals surface area contributed by atoms with Crippen LogP contribution in [0.1, 0.15) is 11.5 Å². The second-order valence-electron chi connectivity index (χ2n) is 1.85. The van der Waals surface area contributed by atoms with Crippen LogP contribution in [0.15, 0.2) is 10.6 Å². The lowest BCUT2D eigenvalue weighted by atomic mass is 10.4. The van der Waals surface area contributed by atoms with Gasteiger partial charge < -0.3 is 9.26 Å². The summed E-state index contributed by atoms with van der Waals surface area (Å²) in [6.07, 6.45) is 0. The first-order valence-electron chi connectivity index (χ1n) is 2.86. The molecule has 0 aliphatic rings. The fourth-order valence-electron chi connectivity index (χ4n) is 0.629. The van der Waals surface area contributed by atoms with E-state index in [-0.39, 0.29) is 0 Å². The van der Waals surface area contributed by atoms with Crippen LogP contribution in [0.3, 0.4) is 0 Å². The summed E-state index contributed by atoms with van der Waals surface area (Å²) in [7, 11) is 1.62. The van der Waals surface area contributed by atoms with E-state index in [1.54, 1.807) is 7.11 Å². The Balaban J connectivity index is 2.59. The van der Waals surface area contributed by atoms with E-state index >= 15 is 0 Å². The molecule has 4 heteroatoms. The molecule has 0 aromatic carbocycles. The largest absolute Gasteiger partial charge is 0.377 e. The Bertz CT molecular complexity index is 199. The average molecular weight is 206 g/mol. The van der Waals surface area contributed by atoms with Gasteiger partial charge in [0.1, 0.15) is 6.61 Å². The molecule has 0 aliphatic heterocycles. The summed E-state index contributed by atoms with van der Waals surface area (Å²) in [5, 5.41) is 4.47. The van der Waals surface area contributed by atoms with Crippen molar-refractivity contribution in [1.82, 2.24) is 5.16 Å². The number of alkyl halides is 1. The molecule has 1 aromatic heterocycles. The summed E-state index contributed by atoms with van der Waals surface area (Å²) >= 11 is 3.26. The van der Waals surface area contributed by atoms with Crippen molar-refractivity contribution in [3.63, 3.8) is 0 Å². The van der Waals surface area contributed by atoms with E-state index in [0.717, 1.165) is 16.8 Å². The monoisotopic (exact) mass is 205 g/mol. The van der Waals surface area contributed by atoms with E-state index in [9.17, 15) is 0 Å². The van der Waals surface area contributed by atoms with Crippen LogP contribution in [0.5, 0.6) is 0 Å². The van der Waals surface area contributed by atoms with Crippen molar-refractivity contribution < 1.29 is 9.26 Å². The molecule has 10 heavy (non-hydrogen) atoms. The highest BCUT2D eigenvalue weighted by atomic mass is 79.9. The smallest absolute Gasteiger partial charge is 0.162 e. The number of halogens is 1. The fraction of sp³-hybridized carbons (Fsp3) is 0.500. The third kappa shape index (κ3) is 1.82. The lowest BCUT2D eigenvalue weighted by Gasteiger charge is -1.87. The Hall–Kier alpha value is -0.350. The molecule has 0 amide bonds. The molecule has 1 rings (SSSR count). The van der Waals surface area contributed by atoms with Crippen molar-refractivity contribution in [3.05, 3.63) is 17.5 Å². The molecule has 0 saturated carbocycles. The van der Waals surface area contributed by atoms with E-state index in [0.29, 0.717) is 6.61 Å². The Morgan fingerprint density at radius 1 is 1.80 bits per heavy atom. The van der Waals surface area contributed by atoms with Crippen LogP contribution in [0.4, 0.5) is 0 Å². The topological polar surface area (TPSA) is 35.3 Å². The third-order valence-corrected chi connectivity index (χ3v) is 1.61. The Labute approximate surface area is 67.5 Å². The van der Waals surface area contributed by atoms with Crippen LogP contribution >= 0.6 is 15.9 Å². The molecule has 0 unspecified atom stereocenters. The maximum absolute atomic E-state index is 4.89. The predicted octanol–water partition coefficient (Wildman–Crippen LogP) is 1.72. The molecule has 0 fully saturated rings. The molecule has 0 spiro atoms. The van der Waals surface area contributed by atoms with Crippen LogP contribution in [-0.2, 0) is 16.7 Å². The summed E-state index contributed by atoms with van der Waals surface area (Å²) in [5.41, 5.74) is 0.895. The highest BCUT2D eigenvalue weighted by Gasteiger charge is 2.00. The molecule has 0 radical (unpaired) electrons. The number of hydrogen-bond acceptors (Lipinski definition) is 3. The van der Waals surface area contributed by atoms with Gasteiger partial charge >= 0.3 is 0 Å². The van der Waals surface area contributed by atoms with Crippen LogP contribution in [0.25, 0.3) is 0 Å². The van der Waals surface area contributed by atoms with E-state index in [2.05, 4.69) is 21.1 Å². The van der Waals surface area contributed by atoms with Gasteiger partial charge in [-0.15, -0.1) is 0 Å². The second kappa shape index (κ2) is 3.73. The van der Waals surface area contributed by atoms with E-state index in [1.807, 2.05) is 6.07 Å². The molecule has 0 aliphatic carbocycles. The predicted molar refractivity (Wildman–Crippen MR) is 39.8 cm³/mol. The molecule has 0 bridgehead atoms. The number of hydrogen-bond donors (Lipinski definition) is 0. The van der Waals surface area contributed by atoms with Crippen molar-refractivity contribution in [3.8, 4) is 0 Å². The van der Waals surface area contributed by atoms with Gasteiger partial charge in [-0.2, -0.15) is 0 Å². The zero-order valence-corrected chi connectivity index (χ0v) is 7.22. The zero-order chi connectivity index (χ0) is 7.40. The van der Waals surface area contributed by atoms with E-state index < -0.39 is 0 Å². The van der Waals surface area contributed by atoms with Crippen molar-refractivity contribution in [2.24, 2.45) is 0 Å². The maximum Gasteiger partial charge on any atom is 0.162 e. The molecule has 1 aromatic rings. The number of methoxy groups -OCH3 is 1. The lowest BCUT2D eigenvalue weighted by Crippen LogP contribution is -1.81. The van der Waals surface area contributed by atoms with Crippen molar-refractivity contribution >= 4 is 15.9 Å². The van der Waals surface area contributed by atoms with E-state index in [4.69, 9.17) is 9.26 Å². The second-order valence-corrected chi connectivity index (χ2v) is 2.41. The van der Waals surface area contributed by atoms with Crippen LogP contribution in [0, 0.1) is 0 Å². The number of nitrogens with zero attached hydrogens (tertiary/aromatic N) is 1. The highest BCUT2D eigenvalue weighted by molar-refractivity contribution is 9.08. The Morgan fingerprint density at radius 2 is 2.60 bits per heavy atom. The summed E-state index contributed by atoms with van der Waals surface area (Å²) in [6, 6.07) is 1.86. The molecule has 0 saturated heterocycles. The van der Waals surface area contributed by atoms with Crippen LogP contribution in [-0.4, -0.2) is 12.3 Å². The normalized spacial score (nSPS) is 10.2. The SMILES string of the molecule is COCc1cc(CBr)no1. The van der Waals surface area contributed by atoms with Crippen molar-refractivity contribution in [2.75, 3.05) is 7.11 Å². The van der Waals surface area contributed by atoms with Gasteiger partial charge in [0.05, 0.1) is 5.69 Å². The van der Waals surface area contributed by atoms with Crippen LogP contribution in [0.2, 0.25) is 0 Å². The quantitative estimate of drug-likeness (QED) is 0.706. The molecule has 56 valence electrons. The van der Waals surface area contributed by atoms with Gasteiger partial charge in [0.25, 0.3) is 0 Å². The first-order valence-corrected chi connectivity index (χ1v) is 3.98. The lowest BCUT2D eigenvalue weighted by molar-refractivity contribution is 0.156. The number of rotatable bonds is 3. The fourth-order valence-corrected chi connectivity index (χ4v) is 0.893. The van der Waals surface area contributed by atoms with Gasteiger partial charge in [0.2, 0.25) is 0 Å². The van der Waals surface area contributed by atoms with Gasteiger partial charge in [-0.3, -0.25) is 0 Å². The minimum atomic E-state index is 0.486. The van der Waals surface area contributed by atoms with Crippen molar-refractivity contribution in [2.45, 2.75) is 11.9 Å². The van der Waals surface area contributed by atoms with Gasteiger partial charge in [-0.05, 0) is 0 Å². The Morgan fingerprint density at radius 3 is 3.10 bits per heavy atom. The van der Waals surface area contributed by atoms with E-state index in [1.165, 1.54) is 0 Å². The van der Waals surface area contributed by atoms with Crippen molar-refractivity contribution in [1.29, 1.82) is 0 Å². The van der Waals surface area contributed by atoms with Gasteiger partial charge in [-0.25, -0.2) is 0 Å².